The van der Waals surface area contributed by atoms with Crippen LogP contribution in [0, 0.1) is 0 Å². The summed E-state index contributed by atoms with van der Waals surface area (Å²) < 4.78 is 2.18. The fourth-order valence-corrected chi connectivity index (χ4v) is 4.93. The number of anilines is 1. The number of imide groups is 1. The Morgan fingerprint density at radius 3 is 2.33 bits per heavy atom. The Bertz CT molecular complexity index is 1520. The van der Waals surface area contributed by atoms with Gasteiger partial charge in [-0.3, -0.25) is 9.59 Å². The molecule has 2 heterocycles. The van der Waals surface area contributed by atoms with Gasteiger partial charge >= 0.3 is 0 Å². The minimum atomic E-state index is -0.481. The fraction of sp³-hybridized carbons (Fsp3) is 0.103. The second-order valence-electron chi connectivity index (χ2n) is 8.57. The summed E-state index contributed by atoms with van der Waals surface area (Å²) in [6.45, 7) is 0.713. The van der Waals surface area contributed by atoms with Crippen molar-refractivity contribution in [3.05, 3.63) is 114 Å². The number of hydrogen-bond donors (Lipinski definition) is 0. The molecule has 4 aromatic carbocycles. The van der Waals surface area contributed by atoms with E-state index in [1.807, 2.05) is 78.9 Å². The summed E-state index contributed by atoms with van der Waals surface area (Å²) in [6.07, 6.45) is 2.24. The average molecular weight is 431 g/mol. The van der Waals surface area contributed by atoms with Crippen molar-refractivity contribution in [2.24, 2.45) is 0 Å². The molecule has 6 rings (SSSR count). The predicted octanol–water partition coefficient (Wildman–Crippen LogP) is 5.89. The van der Waals surface area contributed by atoms with E-state index in [0.717, 1.165) is 27.2 Å². The Labute approximate surface area is 191 Å². The summed E-state index contributed by atoms with van der Waals surface area (Å²) in [5.74, 6) is -0.788. The van der Waals surface area contributed by atoms with E-state index in [-0.39, 0.29) is 18.2 Å². The summed E-state index contributed by atoms with van der Waals surface area (Å²) in [7, 11) is 0. The van der Waals surface area contributed by atoms with Crippen LogP contribution in [0.15, 0.2) is 103 Å². The van der Waals surface area contributed by atoms with Crippen molar-refractivity contribution < 1.29 is 9.59 Å². The quantitative estimate of drug-likeness (QED) is 0.334. The lowest BCUT2D eigenvalue weighted by atomic mass is 9.97. The fourth-order valence-electron chi connectivity index (χ4n) is 4.93. The molecular formula is C29H22N2O2. The van der Waals surface area contributed by atoms with Crippen LogP contribution in [0.1, 0.15) is 23.5 Å². The minimum absolute atomic E-state index is 0.153. The first-order valence-electron chi connectivity index (χ1n) is 11.2. The number of hydrogen-bond acceptors (Lipinski definition) is 2. The van der Waals surface area contributed by atoms with E-state index in [1.54, 1.807) is 0 Å². The van der Waals surface area contributed by atoms with Gasteiger partial charge in [0.2, 0.25) is 11.8 Å². The minimum Gasteiger partial charge on any atom is -0.343 e. The molecule has 5 aromatic rings. The van der Waals surface area contributed by atoms with Gasteiger partial charge in [0.05, 0.1) is 11.6 Å². The smallest absolute Gasteiger partial charge is 0.241 e. The molecule has 1 unspecified atom stereocenters. The molecule has 1 saturated heterocycles. The molecule has 1 aromatic heterocycles. The molecule has 160 valence electrons. The van der Waals surface area contributed by atoms with Gasteiger partial charge in [-0.05, 0) is 40.1 Å². The third-order valence-electron chi connectivity index (χ3n) is 6.53. The number of fused-ring (bicyclic) bond motifs is 2. The van der Waals surface area contributed by atoms with Gasteiger partial charge in [-0.1, -0.05) is 78.9 Å². The molecule has 1 fully saturated rings. The van der Waals surface area contributed by atoms with Crippen molar-refractivity contribution in [2.75, 3.05) is 4.90 Å². The van der Waals surface area contributed by atoms with Crippen LogP contribution in [0.25, 0.3) is 21.7 Å². The Morgan fingerprint density at radius 2 is 1.48 bits per heavy atom. The van der Waals surface area contributed by atoms with E-state index in [9.17, 15) is 9.59 Å². The van der Waals surface area contributed by atoms with Crippen molar-refractivity contribution in [3.8, 4) is 0 Å². The molecule has 33 heavy (non-hydrogen) atoms. The summed E-state index contributed by atoms with van der Waals surface area (Å²) in [6, 6.07) is 32.1. The lowest BCUT2D eigenvalue weighted by Crippen LogP contribution is -2.29. The number of para-hydroxylation sites is 1. The second kappa shape index (κ2) is 7.75. The van der Waals surface area contributed by atoms with Crippen LogP contribution in [0.5, 0.6) is 0 Å². The topological polar surface area (TPSA) is 42.3 Å². The summed E-state index contributed by atoms with van der Waals surface area (Å²) in [4.78, 5) is 28.0. The Morgan fingerprint density at radius 1 is 0.758 bits per heavy atom. The molecular weight excluding hydrogens is 408 g/mol. The molecule has 2 amide bonds. The summed E-state index contributed by atoms with van der Waals surface area (Å²) in [5, 5.41) is 3.12. The van der Waals surface area contributed by atoms with Crippen LogP contribution < -0.4 is 4.90 Å². The lowest BCUT2D eigenvalue weighted by molar-refractivity contribution is -0.121. The molecule has 1 aliphatic rings. The van der Waals surface area contributed by atoms with Gasteiger partial charge in [0.1, 0.15) is 0 Å². The van der Waals surface area contributed by atoms with Crippen LogP contribution >= 0.6 is 0 Å². The van der Waals surface area contributed by atoms with Crippen LogP contribution in [-0.4, -0.2) is 16.4 Å². The van der Waals surface area contributed by atoms with Gasteiger partial charge in [0.25, 0.3) is 0 Å². The maximum absolute atomic E-state index is 13.6. The highest BCUT2D eigenvalue weighted by Gasteiger charge is 2.41. The first kappa shape index (κ1) is 19.5. The van der Waals surface area contributed by atoms with Crippen LogP contribution in [-0.2, 0) is 16.1 Å². The van der Waals surface area contributed by atoms with Crippen molar-refractivity contribution in [3.63, 3.8) is 0 Å². The van der Waals surface area contributed by atoms with Crippen molar-refractivity contribution >= 4 is 39.2 Å². The van der Waals surface area contributed by atoms with E-state index in [0.29, 0.717) is 12.2 Å². The second-order valence-corrected chi connectivity index (χ2v) is 8.57. The van der Waals surface area contributed by atoms with E-state index in [4.69, 9.17) is 0 Å². The zero-order valence-electron chi connectivity index (χ0n) is 18.0. The van der Waals surface area contributed by atoms with E-state index < -0.39 is 5.92 Å². The highest BCUT2D eigenvalue weighted by atomic mass is 16.2. The number of aromatic nitrogens is 1. The summed E-state index contributed by atoms with van der Waals surface area (Å²) in [5.41, 5.74) is 3.82. The molecule has 4 heteroatoms. The van der Waals surface area contributed by atoms with Gasteiger partial charge in [-0.25, -0.2) is 4.90 Å². The van der Waals surface area contributed by atoms with Crippen molar-refractivity contribution in [1.29, 1.82) is 0 Å². The molecule has 0 spiro atoms. The van der Waals surface area contributed by atoms with E-state index in [1.165, 1.54) is 10.5 Å². The molecule has 0 N–H and O–H groups in total. The molecule has 0 bridgehead atoms. The maximum Gasteiger partial charge on any atom is 0.241 e. The number of benzene rings is 4. The average Bonchev–Trinajstić information content (AvgIpc) is 3.36. The maximum atomic E-state index is 13.6. The van der Waals surface area contributed by atoms with E-state index >= 15 is 0 Å². The number of amides is 2. The molecule has 0 saturated carbocycles. The third-order valence-corrected chi connectivity index (χ3v) is 6.53. The van der Waals surface area contributed by atoms with E-state index in [2.05, 4.69) is 29.0 Å². The summed E-state index contributed by atoms with van der Waals surface area (Å²) >= 11 is 0. The van der Waals surface area contributed by atoms with Crippen LogP contribution in [0.4, 0.5) is 5.69 Å². The third kappa shape index (κ3) is 3.31. The van der Waals surface area contributed by atoms with Gasteiger partial charge in [0, 0.05) is 30.1 Å². The Balaban J connectivity index is 1.39. The number of carbonyl (C=O) groups is 2. The molecule has 1 aliphatic heterocycles. The highest BCUT2D eigenvalue weighted by Crippen LogP contribution is 2.38. The number of rotatable bonds is 4. The highest BCUT2D eigenvalue weighted by molar-refractivity contribution is 6.23. The van der Waals surface area contributed by atoms with Crippen LogP contribution in [0.2, 0.25) is 0 Å². The van der Waals surface area contributed by atoms with Gasteiger partial charge < -0.3 is 4.57 Å². The monoisotopic (exact) mass is 430 g/mol. The number of nitrogens with zero attached hydrogens (tertiary/aromatic N) is 2. The van der Waals surface area contributed by atoms with Crippen molar-refractivity contribution in [1.82, 2.24) is 4.57 Å². The Hall–Kier alpha value is -4.18. The zero-order valence-corrected chi connectivity index (χ0v) is 18.0. The molecule has 0 radical (unpaired) electrons. The predicted molar refractivity (Wildman–Crippen MR) is 131 cm³/mol. The standard InChI is InChI=1S/C29H22N2O2/c32-28-17-25(29(33)31(28)23-15-14-21-10-4-5-11-22(21)16-23)26-19-30(18-20-8-2-1-3-9-20)27-13-7-6-12-24(26)27/h1-16,19,25H,17-18H2. The first-order chi connectivity index (χ1) is 16.2. The lowest BCUT2D eigenvalue weighted by Gasteiger charge is -2.16. The molecule has 1 atom stereocenters. The van der Waals surface area contributed by atoms with Gasteiger partial charge in [-0.2, -0.15) is 0 Å². The Kier molecular flexibility index (Phi) is 4.58. The molecule has 0 aliphatic carbocycles. The largest absolute Gasteiger partial charge is 0.343 e. The van der Waals surface area contributed by atoms with Gasteiger partial charge in [0.15, 0.2) is 0 Å². The molecule has 4 nitrogen and oxygen atoms in total. The van der Waals surface area contributed by atoms with Crippen molar-refractivity contribution in [2.45, 2.75) is 18.9 Å². The van der Waals surface area contributed by atoms with Gasteiger partial charge in [-0.15, -0.1) is 0 Å². The van der Waals surface area contributed by atoms with Crippen LogP contribution in [0.3, 0.4) is 0 Å². The normalized spacial score (nSPS) is 16.2. The number of carbonyl (C=O) groups excluding carboxylic acids is 2. The first-order valence-corrected chi connectivity index (χ1v) is 11.2. The zero-order chi connectivity index (χ0) is 22.4. The SMILES string of the molecule is O=C1CC(c2cn(Cc3ccccc3)c3ccccc23)C(=O)N1c1ccc2ccccc2c1.